The Kier molecular flexibility index (Phi) is 7.55. The molecular weight excluding hydrogens is 552 g/mol. The van der Waals surface area contributed by atoms with Crippen molar-refractivity contribution in [3.8, 4) is 6.01 Å². The number of ether oxygens (including phenoxy) is 2. The van der Waals surface area contributed by atoms with Gasteiger partial charge in [-0.05, 0) is 90.9 Å². The summed E-state index contributed by atoms with van der Waals surface area (Å²) in [4.78, 5) is 32.5. The number of piperazine rings is 1. The third-order valence-corrected chi connectivity index (χ3v) is 9.84. The van der Waals surface area contributed by atoms with Crippen molar-refractivity contribution >= 4 is 28.4 Å². The second-order valence-corrected chi connectivity index (χ2v) is 14.2. The maximum absolute atomic E-state index is 13.2. The highest BCUT2D eigenvalue weighted by atomic mass is 16.6. The SMILES string of the molecule is Cc1ccc2cccc(N3CCc4c(nc(OCC5CCCN5C)nc4N4C[C@H]5CC[C@@H](C4)N5C(=O)OC(C)(C)C)C3)c2c1. The second kappa shape index (κ2) is 11.4. The monoisotopic (exact) mass is 598 g/mol. The van der Waals surface area contributed by atoms with Gasteiger partial charge in [0.15, 0.2) is 0 Å². The summed E-state index contributed by atoms with van der Waals surface area (Å²) in [6, 6.07) is 14.3. The van der Waals surface area contributed by atoms with E-state index < -0.39 is 5.60 Å². The number of carbonyl (C=O) groups excluding carboxylic acids is 1. The largest absolute Gasteiger partial charge is 0.462 e. The number of benzene rings is 2. The van der Waals surface area contributed by atoms with Crippen LogP contribution in [0.3, 0.4) is 0 Å². The van der Waals surface area contributed by atoms with Gasteiger partial charge in [0.25, 0.3) is 0 Å². The molecule has 0 radical (unpaired) electrons. The van der Waals surface area contributed by atoms with Crippen LogP contribution in [0.5, 0.6) is 6.01 Å². The summed E-state index contributed by atoms with van der Waals surface area (Å²) in [5.74, 6) is 0.985. The molecule has 1 aromatic heterocycles. The summed E-state index contributed by atoms with van der Waals surface area (Å²) in [5.41, 5.74) is 4.26. The van der Waals surface area contributed by atoms with Gasteiger partial charge in [0.2, 0.25) is 0 Å². The molecule has 9 heteroatoms. The molecule has 3 fully saturated rings. The number of aromatic nitrogens is 2. The summed E-state index contributed by atoms with van der Waals surface area (Å²) in [6.45, 7) is 12.8. The summed E-state index contributed by atoms with van der Waals surface area (Å²) in [5, 5.41) is 2.53. The maximum Gasteiger partial charge on any atom is 0.410 e. The zero-order chi connectivity index (χ0) is 30.6. The number of rotatable bonds is 5. The third kappa shape index (κ3) is 5.67. The van der Waals surface area contributed by atoms with Gasteiger partial charge in [-0.3, -0.25) is 4.90 Å². The van der Waals surface area contributed by atoms with Crippen LogP contribution < -0.4 is 14.5 Å². The molecule has 1 unspecified atom stereocenters. The van der Waals surface area contributed by atoms with Gasteiger partial charge in [-0.1, -0.05) is 29.8 Å². The van der Waals surface area contributed by atoms with Crippen LogP contribution in [0, 0.1) is 6.92 Å². The quantitative estimate of drug-likeness (QED) is 0.378. The summed E-state index contributed by atoms with van der Waals surface area (Å²) in [7, 11) is 2.17. The molecule has 0 aliphatic carbocycles. The lowest BCUT2D eigenvalue weighted by atomic mass is 10.0. The number of amides is 1. The lowest BCUT2D eigenvalue weighted by molar-refractivity contribution is 0.0122. The van der Waals surface area contributed by atoms with E-state index in [1.807, 2.05) is 25.7 Å². The zero-order valence-corrected chi connectivity index (χ0v) is 26.9. The van der Waals surface area contributed by atoms with Crippen LogP contribution in [0.2, 0.25) is 0 Å². The van der Waals surface area contributed by atoms with Gasteiger partial charge in [0.1, 0.15) is 18.0 Å². The zero-order valence-electron chi connectivity index (χ0n) is 26.9. The first-order valence-electron chi connectivity index (χ1n) is 16.4. The molecule has 0 saturated carbocycles. The molecule has 9 nitrogen and oxygen atoms in total. The Labute approximate surface area is 261 Å². The van der Waals surface area contributed by atoms with E-state index in [2.05, 4.69) is 65.1 Å². The topological polar surface area (TPSA) is 74.3 Å². The van der Waals surface area contributed by atoms with E-state index in [9.17, 15) is 4.79 Å². The average molecular weight is 599 g/mol. The maximum atomic E-state index is 13.2. The van der Waals surface area contributed by atoms with Crippen molar-refractivity contribution in [3.05, 3.63) is 53.2 Å². The Hall–Kier alpha value is -3.59. The summed E-state index contributed by atoms with van der Waals surface area (Å²) >= 11 is 0. The molecule has 3 atom stereocenters. The molecule has 2 aromatic carbocycles. The van der Waals surface area contributed by atoms with Crippen molar-refractivity contribution in [3.63, 3.8) is 0 Å². The van der Waals surface area contributed by atoms with Crippen LogP contribution >= 0.6 is 0 Å². The van der Waals surface area contributed by atoms with E-state index in [1.165, 1.54) is 34.0 Å². The van der Waals surface area contributed by atoms with Gasteiger partial charge in [-0.25, -0.2) is 4.79 Å². The predicted molar refractivity (Wildman–Crippen MR) is 174 cm³/mol. The third-order valence-electron chi connectivity index (χ3n) is 9.84. The number of anilines is 2. The lowest BCUT2D eigenvalue weighted by Crippen LogP contribution is -2.57. The molecule has 1 amide bonds. The van der Waals surface area contributed by atoms with E-state index in [0.29, 0.717) is 25.2 Å². The van der Waals surface area contributed by atoms with E-state index >= 15 is 0 Å². The van der Waals surface area contributed by atoms with Crippen LogP contribution in [-0.2, 0) is 17.7 Å². The Morgan fingerprint density at radius 1 is 1.00 bits per heavy atom. The average Bonchev–Trinajstić information content (AvgIpc) is 3.52. The summed E-state index contributed by atoms with van der Waals surface area (Å²) < 4.78 is 12.2. The van der Waals surface area contributed by atoms with Crippen molar-refractivity contribution in [1.82, 2.24) is 19.8 Å². The first kappa shape index (κ1) is 29.1. The van der Waals surface area contributed by atoms with Crippen LogP contribution in [0.1, 0.15) is 63.3 Å². The van der Waals surface area contributed by atoms with Crippen molar-refractivity contribution < 1.29 is 14.3 Å². The van der Waals surface area contributed by atoms with Crippen LogP contribution in [0.15, 0.2) is 36.4 Å². The molecule has 0 N–H and O–H groups in total. The number of likely N-dealkylation sites (N-methyl/N-ethyl adjacent to an activating group) is 1. The molecular formula is C35H46N6O3. The van der Waals surface area contributed by atoms with Gasteiger partial charge in [-0.2, -0.15) is 9.97 Å². The number of hydrogen-bond donors (Lipinski definition) is 0. The Bertz CT molecular complexity index is 1540. The molecule has 3 aromatic rings. The van der Waals surface area contributed by atoms with Crippen molar-refractivity contribution in [2.24, 2.45) is 0 Å². The van der Waals surface area contributed by atoms with E-state index in [1.54, 1.807) is 0 Å². The number of aryl methyl sites for hydroxylation is 1. The van der Waals surface area contributed by atoms with Crippen LogP contribution in [0.25, 0.3) is 10.8 Å². The molecule has 5 heterocycles. The van der Waals surface area contributed by atoms with Crippen LogP contribution in [-0.4, -0.2) is 89.4 Å². The minimum atomic E-state index is -0.506. The van der Waals surface area contributed by atoms with E-state index in [4.69, 9.17) is 19.4 Å². The molecule has 44 heavy (non-hydrogen) atoms. The normalized spacial score (nSPS) is 23.8. The number of carbonyl (C=O) groups is 1. The number of nitrogens with zero attached hydrogens (tertiary/aromatic N) is 6. The molecule has 234 valence electrons. The fraction of sp³-hybridized carbons (Fsp3) is 0.571. The highest BCUT2D eigenvalue weighted by Gasteiger charge is 2.45. The first-order chi connectivity index (χ1) is 21.1. The predicted octanol–water partition coefficient (Wildman–Crippen LogP) is 5.56. The molecule has 2 bridgehead atoms. The Morgan fingerprint density at radius 3 is 2.52 bits per heavy atom. The Balaban J connectivity index is 1.19. The molecule has 4 aliphatic rings. The number of fused-ring (bicyclic) bond motifs is 4. The Morgan fingerprint density at radius 2 is 1.80 bits per heavy atom. The van der Waals surface area contributed by atoms with E-state index in [-0.39, 0.29) is 18.2 Å². The van der Waals surface area contributed by atoms with Gasteiger partial charge in [-0.15, -0.1) is 0 Å². The minimum Gasteiger partial charge on any atom is -0.462 e. The standard InChI is InChI=1S/C35H46N6O3/c1-23-11-12-24-8-6-10-31(29(24)18-23)39-17-15-28-30(21-39)36-33(43-22-27-9-7-16-38(27)5)37-32(28)40-19-25-13-14-26(20-40)41(25)34(42)44-35(2,3)4/h6,8,10-12,18,25-27H,7,9,13-17,19-22H2,1-5H3/t25-,26+,27?. The van der Waals surface area contributed by atoms with Gasteiger partial charge in [0, 0.05) is 42.3 Å². The minimum absolute atomic E-state index is 0.115. The number of hydrogen-bond acceptors (Lipinski definition) is 8. The molecule has 0 spiro atoms. The fourth-order valence-corrected chi connectivity index (χ4v) is 7.62. The lowest BCUT2D eigenvalue weighted by Gasteiger charge is -2.43. The van der Waals surface area contributed by atoms with Gasteiger partial charge < -0.3 is 24.2 Å². The summed E-state index contributed by atoms with van der Waals surface area (Å²) in [6.07, 6.45) is 4.97. The molecule has 3 saturated heterocycles. The van der Waals surface area contributed by atoms with Crippen molar-refractivity contribution in [2.75, 3.05) is 49.6 Å². The first-order valence-corrected chi connectivity index (χ1v) is 16.4. The second-order valence-electron chi connectivity index (χ2n) is 14.2. The number of likely N-dealkylation sites (tertiary alicyclic amines) is 1. The van der Waals surface area contributed by atoms with E-state index in [0.717, 1.165) is 63.4 Å². The van der Waals surface area contributed by atoms with Gasteiger partial charge in [0.05, 0.1) is 24.3 Å². The fourth-order valence-electron chi connectivity index (χ4n) is 7.62. The highest BCUT2D eigenvalue weighted by molar-refractivity contribution is 5.95. The highest BCUT2D eigenvalue weighted by Crippen LogP contribution is 2.38. The molecule has 4 aliphatic heterocycles. The smallest absolute Gasteiger partial charge is 0.410 e. The van der Waals surface area contributed by atoms with Gasteiger partial charge >= 0.3 is 12.1 Å². The van der Waals surface area contributed by atoms with Crippen molar-refractivity contribution in [2.45, 2.75) is 90.1 Å². The van der Waals surface area contributed by atoms with Crippen LogP contribution in [0.4, 0.5) is 16.3 Å². The molecule has 7 rings (SSSR count). The van der Waals surface area contributed by atoms with Crippen molar-refractivity contribution in [1.29, 1.82) is 0 Å².